The fourth-order valence-electron chi connectivity index (χ4n) is 3.07. The van der Waals surface area contributed by atoms with Crippen LogP contribution in [0.15, 0.2) is 34.7 Å². The van der Waals surface area contributed by atoms with E-state index in [1.165, 1.54) is 6.07 Å². The van der Waals surface area contributed by atoms with Crippen molar-refractivity contribution in [1.82, 2.24) is 0 Å². The number of hydrogen-bond acceptors (Lipinski definition) is 3. The number of para-hydroxylation sites is 1. The number of rotatable bonds is 3. The third-order valence-corrected chi connectivity index (χ3v) is 4.36. The van der Waals surface area contributed by atoms with E-state index in [1.807, 2.05) is 24.3 Å². The Morgan fingerprint density at radius 1 is 1.35 bits per heavy atom. The van der Waals surface area contributed by atoms with Crippen molar-refractivity contribution in [3.05, 3.63) is 53.0 Å². The quantitative estimate of drug-likeness (QED) is 0.938. The van der Waals surface area contributed by atoms with Crippen molar-refractivity contribution in [2.75, 3.05) is 11.4 Å². The Morgan fingerprint density at radius 2 is 2.09 bits per heavy atom. The van der Waals surface area contributed by atoms with Gasteiger partial charge in [-0.2, -0.15) is 0 Å². The average Bonchev–Trinajstić information content (AvgIpc) is 2.99. The van der Waals surface area contributed by atoms with Crippen molar-refractivity contribution in [2.24, 2.45) is 0 Å². The maximum atomic E-state index is 12.8. The molecule has 120 valence electrons. The van der Waals surface area contributed by atoms with Gasteiger partial charge in [0.05, 0.1) is 0 Å². The first-order chi connectivity index (χ1) is 11.0. The zero-order valence-corrected chi connectivity index (χ0v) is 13.2. The predicted octanol–water partition coefficient (Wildman–Crippen LogP) is 3.69. The zero-order valence-electron chi connectivity index (χ0n) is 13.2. The molecule has 1 amide bonds. The average molecular weight is 313 g/mol. The number of anilines is 1. The van der Waals surface area contributed by atoms with Crippen molar-refractivity contribution in [3.8, 4) is 0 Å². The number of nitrogens with zero attached hydrogens (tertiary/aromatic N) is 1. The summed E-state index contributed by atoms with van der Waals surface area (Å²) in [5.41, 5.74) is 2.07. The van der Waals surface area contributed by atoms with Gasteiger partial charge in [0.25, 0.3) is 5.91 Å². The van der Waals surface area contributed by atoms with Gasteiger partial charge in [-0.05, 0) is 24.0 Å². The molecule has 1 aliphatic rings. The minimum atomic E-state index is -1.07. The fourth-order valence-corrected chi connectivity index (χ4v) is 3.07. The number of furan rings is 1. The Hall–Kier alpha value is -2.56. The van der Waals surface area contributed by atoms with Crippen LogP contribution in [-0.2, 0) is 6.42 Å². The van der Waals surface area contributed by atoms with Crippen LogP contribution in [0.4, 0.5) is 5.69 Å². The minimum Gasteiger partial charge on any atom is -0.478 e. The van der Waals surface area contributed by atoms with E-state index in [0.717, 1.165) is 17.7 Å². The summed E-state index contributed by atoms with van der Waals surface area (Å²) in [5, 5.41) is 9.21. The normalized spacial score (nSPS) is 17.0. The molecule has 0 aliphatic carbocycles. The van der Waals surface area contributed by atoms with Gasteiger partial charge < -0.3 is 14.4 Å². The number of amides is 1. The highest BCUT2D eigenvalue weighted by atomic mass is 16.4. The van der Waals surface area contributed by atoms with Gasteiger partial charge in [-0.3, -0.25) is 4.79 Å². The molecule has 1 atom stereocenters. The Balaban J connectivity index is 1.99. The standard InChI is InChI=1S/C18H19NO4/c1-3-15-13(18(21)22)10-16(23-15)17(20)19-9-8-11(2)12-6-4-5-7-14(12)19/h4-7,10-11H,3,8-9H2,1-2H3,(H,21,22). The van der Waals surface area contributed by atoms with Gasteiger partial charge >= 0.3 is 5.97 Å². The second kappa shape index (κ2) is 5.91. The van der Waals surface area contributed by atoms with Gasteiger partial charge in [-0.1, -0.05) is 32.0 Å². The SMILES string of the molecule is CCc1oc(C(=O)N2CCC(C)c3ccccc32)cc1C(=O)O. The summed E-state index contributed by atoms with van der Waals surface area (Å²) in [7, 11) is 0. The Morgan fingerprint density at radius 3 is 2.74 bits per heavy atom. The minimum absolute atomic E-state index is 0.0644. The third-order valence-electron chi connectivity index (χ3n) is 4.36. The molecule has 0 fully saturated rings. The van der Waals surface area contributed by atoms with Gasteiger partial charge in [0.15, 0.2) is 5.76 Å². The molecule has 0 saturated heterocycles. The zero-order chi connectivity index (χ0) is 16.6. The van der Waals surface area contributed by atoms with Crippen LogP contribution in [0.2, 0.25) is 0 Å². The Labute approximate surface area is 134 Å². The van der Waals surface area contributed by atoms with Crippen LogP contribution in [0.5, 0.6) is 0 Å². The van der Waals surface area contributed by atoms with Crippen LogP contribution in [-0.4, -0.2) is 23.5 Å². The summed E-state index contributed by atoms with van der Waals surface area (Å²) in [6, 6.07) is 9.16. The molecule has 1 aromatic carbocycles. The van der Waals surface area contributed by atoms with E-state index >= 15 is 0 Å². The van der Waals surface area contributed by atoms with Crippen molar-refractivity contribution in [2.45, 2.75) is 32.6 Å². The van der Waals surface area contributed by atoms with Crippen molar-refractivity contribution in [3.63, 3.8) is 0 Å². The molecule has 1 N–H and O–H groups in total. The van der Waals surface area contributed by atoms with Gasteiger partial charge in [0.1, 0.15) is 11.3 Å². The van der Waals surface area contributed by atoms with Crippen LogP contribution < -0.4 is 4.90 Å². The highest BCUT2D eigenvalue weighted by molar-refractivity contribution is 6.06. The van der Waals surface area contributed by atoms with Gasteiger partial charge in [0.2, 0.25) is 0 Å². The number of benzene rings is 1. The first-order valence-corrected chi connectivity index (χ1v) is 7.79. The molecular formula is C18H19NO4. The van der Waals surface area contributed by atoms with E-state index < -0.39 is 5.97 Å². The van der Waals surface area contributed by atoms with Crippen molar-refractivity contribution < 1.29 is 19.1 Å². The summed E-state index contributed by atoms with van der Waals surface area (Å²) in [5.74, 6) is -0.542. The molecule has 1 aliphatic heterocycles. The molecule has 5 heteroatoms. The second-order valence-corrected chi connectivity index (χ2v) is 5.81. The molecule has 0 bridgehead atoms. The van der Waals surface area contributed by atoms with Crippen LogP contribution in [0.3, 0.4) is 0 Å². The van der Waals surface area contributed by atoms with E-state index in [1.54, 1.807) is 11.8 Å². The lowest BCUT2D eigenvalue weighted by Gasteiger charge is -2.32. The topological polar surface area (TPSA) is 70.8 Å². The van der Waals surface area contributed by atoms with Gasteiger partial charge in [0, 0.05) is 24.7 Å². The molecule has 0 radical (unpaired) electrons. The van der Waals surface area contributed by atoms with E-state index in [0.29, 0.717) is 24.6 Å². The number of carbonyl (C=O) groups is 2. The number of hydrogen-bond donors (Lipinski definition) is 1. The monoisotopic (exact) mass is 313 g/mol. The highest BCUT2D eigenvalue weighted by Gasteiger charge is 2.30. The first kappa shape index (κ1) is 15.3. The molecular weight excluding hydrogens is 294 g/mol. The maximum Gasteiger partial charge on any atom is 0.339 e. The lowest BCUT2D eigenvalue weighted by molar-refractivity contribution is 0.0694. The number of aromatic carboxylic acids is 1. The molecule has 5 nitrogen and oxygen atoms in total. The van der Waals surface area contributed by atoms with Crippen LogP contribution in [0, 0.1) is 0 Å². The lowest BCUT2D eigenvalue weighted by atomic mass is 9.91. The summed E-state index contributed by atoms with van der Waals surface area (Å²) < 4.78 is 5.51. The van der Waals surface area contributed by atoms with E-state index in [4.69, 9.17) is 4.42 Å². The Kier molecular flexibility index (Phi) is 3.94. The molecule has 23 heavy (non-hydrogen) atoms. The van der Waals surface area contributed by atoms with Gasteiger partial charge in [-0.15, -0.1) is 0 Å². The van der Waals surface area contributed by atoms with Crippen LogP contribution in [0.25, 0.3) is 0 Å². The summed E-state index contributed by atoms with van der Waals surface area (Å²) >= 11 is 0. The Bertz CT molecular complexity index is 762. The fraction of sp³-hybridized carbons (Fsp3) is 0.333. The molecule has 3 rings (SSSR count). The number of carboxylic acid groups (broad SMARTS) is 1. The molecule has 1 aromatic heterocycles. The molecule has 0 spiro atoms. The third kappa shape index (κ3) is 2.63. The summed E-state index contributed by atoms with van der Waals surface area (Å²) in [4.78, 5) is 25.7. The highest BCUT2D eigenvalue weighted by Crippen LogP contribution is 2.35. The molecule has 2 aromatic rings. The number of carbonyl (C=O) groups excluding carboxylic acids is 1. The van der Waals surface area contributed by atoms with E-state index in [-0.39, 0.29) is 17.2 Å². The molecule has 1 unspecified atom stereocenters. The first-order valence-electron chi connectivity index (χ1n) is 7.79. The van der Waals surface area contributed by atoms with Gasteiger partial charge in [-0.25, -0.2) is 4.79 Å². The lowest BCUT2D eigenvalue weighted by Crippen LogP contribution is -2.36. The smallest absolute Gasteiger partial charge is 0.339 e. The number of carboxylic acids is 1. The summed E-state index contributed by atoms with van der Waals surface area (Å²) in [6.07, 6.45) is 1.30. The van der Waals surface area contributed by atoms with Crippen LogP contribution >= 0.6 is 0 Å². The van der Waals surface area contributed by atoms with Crippen molar-refractivity contribution >= 4 is 17.6 Å². The molecule has 2 heterocycles. The van der Waals surface area contributed by atoms with E-state index in [9.17, 15) is 14.7 Å². The number of fused-ring (bicyclic) bond motifs is 1. The van der Waals surface area contributed by atoms with Crippen LogP contribution in [0.1, 0.15) is 58.4 Å². The largest absolute Gasteiger partial charge is 0.478 e. The number of aryl methyl sites for hydroxylation is 1. The van der Waals surface area contributed by atoms with E-state index in [2.05, 4.69) is 6.92 Å². The second-order valence-electron chi connectivity index (χ2n) is 5.81. The summed E-state index contributed by atoms with van der Waals surface area (Å²) in [6.45, 7) is 4.55. The predicted molar refractivity (Wildman–Crippen MR) is 86.2 cm³/mol. The maximum absolute atomic E-state index is 12.8. The molecule has 0 saturated carbocycles. The van der Waals surface area contributed by atoms with Crippen molar-refractivity contribution in [1.29, 1.82) is 0 Å².